The summed E-state index contributed by atoms with van der Waals surface area (Å²) in [6, 6.07) is 0. The van der Waals surface area contributed by atoms with Crippen molar-refractivity contribution in [2.45, 2.75) is 45.1 Å². The Bertz CT molecular complexity index is 572. The zero-order chi connectivity index (χ0) is 14.5. The van der Waals surface area contributed by atoms with Gasteiger partial charge in [-0.05, 0) is 31.1 Å². The molecule has 1 atom stereocenters. The third-order valence-corrected chi connectivity index (χ3v) is 4.66. The van der Waals surface area contributed by atoms with Crippen LogP contribution in [0.1, 0.15) is 55.8 Å². The number of aromatic nitrogens is 2. The van der Waals surface area contributed by atoms with E-state index in [1.165, 1.54) is 6.20 Å². The summed E-state index contributed by atoms with van der Waals surface area (Å²) in [5, 5.41) is 12.0. The Morgan fingerprint density at radius 1 is 1.45 bits per heavy atom. The van der Waals surface area contributed by atoms with E-state index in [1.54, 1.807) is 0 Å². The number of carboxylic acid groups (broad SMARTS) is 1. The second-order valence-corrected chi connectivity index (χ2v) is 6.62. The van der Waals surface area contributed by atoms with Crippen molar-refractivity contribution in [3.63, 3.8) is 0 Å². The molecule has 0 spiro atoms. The van der Waals surface area contributed by atoms with Gasteiger partial charge in [-0.2, -0.15) is 0 Å². The molecule has 2 aliphatic carbocycles. The van der Waals surface area contributed by atoms with Crippen molar-refractivity contribution in [1.82, 2.24) is 15.3 Å². The van der Waals surface area contributed by atoms with Crippen LogP contribution in [0.2, 0.25) is 0 Å². The lowest BCUT2D eigenvalue weighted by Crippen LogP contribution is -2.52. The smallest absolute Gasteiger partial charge is 0.353 e. The number of aromatic amines is 1. The van der Waals surface area contributed by atoms with Crippen LogP contribution in [-0.2, 0) is 10.3 Å². The largest absolute Gasteiger partial charge is 0.477 e. The third-order valence-electron chi connectivity index (χ3n) is 4.66. The van der Waals surface area contributed by atoms with Gasteiger partial charge in [-0.15, -0.1) is 0 Å². The predicted octanol–water partition coefficient (Wildman–Crippen LogP) is 1.65. The number of carbonyl (C=O) groups excluding carboxylic acids is 1. The maximum Gasteiger partial charge on any atom is 0.353 e. The summed E-state index contributed by atoms with van der Waals surface area (Å²) in [5.74, 6) is -0.349. The Labute approximate surface area is 117 Å². The minimum absolute atomic E-state index is 0.0583. The highest BCUT2D eigenvalue weighted by Crippen LogP contribution is 2.52. The molecule has 1 amide bonds. The summed E-state index contributed by atoms with van der Waals surface area (Å²) in [5.41, 5.74) is -0.347. The number of hydrogen-bond acceptors (Lipinski definition) is 3. The maximum absolute atomic E-state index is 12.3. The lowest BCUT2D eigenvalue weighted by atomic mass is 9.76. The van der Waals surface area contributed by atoms with Gasteiger partial charge in [-0.1, -0.05) is 13.8 Å². The average molecular weight is 277 g/mol. The number of aromatic carboxylic acids is 1. The number of hydrogen-bond donors (Lipinski definition) is 3. The molecular weight excluding hydrogens is 258 g/mol. The van der Waals surface area contributed by atoms with Crippen molar-refractivity contribution < 1.29 is 14.7 Å². The van der Waals surface area contributed by atoms with Crippen LogP contribution in [0.4, 0.5) is 0 Å². The molecule has 108 valence electrons. The number of imidazole rings is 1. The molecule has 6 nitrogen and oxygen atoms in total. The number of carbonyl (C=O) groups is 2. The topological polar surface area (TPSA) is 95.1 Å². The second-order valence-electron chi connectivity index (χ2n) is 6.62. The number of rotatable bonds is 4. The van der Waals surface area contributed by atoms with Gasteiger partial charge in [0.2, 0.25) is 5.91 Å². The van der Waals surface area contributed by atoms with E-state index in [9.17, 15) is 9.59 Å². The minimum atomic E-state index is -1.03. The first-order chi connectivity index (χ1) is 9.34. The molecule has 1 aromatic heterocycles. The molecular formula is C14H19N3O3. The van der Waals surface area contributed by atoms with Crippen LogP contribution in [0.25, 0.3) is 0 Å². The maximum atomic E-state index is 12.3. The molecule has 2 saturated carbocycles. The van der Waals surface area contributed by atoms with E-state index < -0.39 is 11.5 Å². The summed E-state index contributed by atoms with van der Waals surface area (Å²) in [6.45, 7) is 4.17. The van der Waals surface area contributed by atoms with Crippen molar-refractivity contribution in [2.75, 3.05) is 0 Å². The van der Waals surface area contributed by atoms with Crippen LogP contribution in [0.5, 0.6) is 0 Å². The standard InChI is InChI=1S/C14H19N3O3/c1-13(2)6-8(13)10(18)17-14(4-3-5-14)12-15-7-9(16-12)11(19)20/h7-8H,3-6H2,1-2H3,(H,15,16)(H,17,18)(H,19,20). The lowest BCUT2D eigenvalue weighted by molar-refractivity contribution is -0.126. The third kappa shape index (κ3) is 1.99. The van der Waals surface area contributed by atoms with E-state index in [4.69, 9.17) is 5.11 Å². The molecule has 3 rings (SSSR count). The highest BCUT2D eigenvalue weighted by Gasteiger charge is 2.53. The highest BCUT2D eigenvalue weighted by molar-refractivity contribution is 5.85. The average Bonchev–Trinajstić information content (AvgIpc) is 2.77. The van der Waals surface area contributed by atoms with Gasteiger partial charge in [0, 0.05) is 5.92 Å². The van der Waals surface area contributed by atoms with Gasteiger partial charge in [0.05, 0.1) is 11.7 Å². The second kappa shape index (κ2) is 4.07. The molecule has 0 aliphatic heterocycles. The van der Waals surface area contributed by atoms with Crippen molar-refractivity contribution in [3.8, 4) is 0 Å². The zero-order valence-electron chi connectivity index (χ0n) is 11.7. The molecule has 0 aromatic carbocycles. The molecule has 2 fully saturated rings. The molecule has 3 N–H and O–H groups in total. The Kier molecular flexibility index (Phi) is 2.68. The summed E-state index contributed by atoms with van der Waals surface area (Å²) in [6.07, 6.45) is 4.84. The van der Waals surface area contributed by atoms with E-state index in [1.807, 2.05) is 0 Å². The molecule has 1 unspecified atom stereocenters. The fourth-order valence-corrected chi connectivity index (χ4v) is 2.86. The Morgan fingerprint density at radius 2 is 2.10 bits per heavy atom. The quantitative estimate of drug-likeness (QED) is 0.779. The van der Waals surface area contributed by atoms with Crippen LogP contribution in [-0.4, -0.2) is 27.0 Å². The Morgan fingerprint density at radius 3 is 2.50 bits per heavy atom. The first-order valence-corrected chi connectivity index (χ1v) is 6.95. The van der Waals surface area contributed by atoms with Crippen LogP contribution in [0.3, 0.4) is 0 Å². The van der Waals surface area contributed by atoms with Gasteiger partial charge in [-0.25, -0.2) is 9.78 Å². The predicted molar refractivity (Wildman–Crippen MR) is 71.1 cm³/mol. The zero-order valence-corrected chi connectivity index (χ0v) is 11.7. The van der Waals surface area contributed by atoms with Gasteiger partial charge in [0.1, 0.15) is 11.5 Å². The van der Waals surface area contributed by atoms with E-state index in [-0.39, 0.29) is 22.9 Å². The van der Waals surface area contributed by atoms with Crippen molar-refractivity contribution >= 4 is 11.9 Å². The molecule has 6 heteroatoms. The number of amides is 1. The lowest BCUT2D eigenvalue weighted by Gasteiger charge is -2.41. The number of nitrogens with zero attached hydrogens (tertiary/aromatic N) is 1. The molecule has 20 heavy (non-hydrogen) atoms. The highest BCUT2D eigenvalue weighted by atomic mass is 16.4. The summed E-state index contributed by atoms with van der Waals surface area (Å²) < 4.78 is 0. The Balaban J connectivity index is 1.77. The first kappa shape index (κ1) is 13.1. The van der Waals surface area contributed by atoms with E-state index in [0.29, 0.717) is 5.82 Å². The van der Waals surface area contributed by atoms with Gasteiger partial charge in [0.15, 0.2) is 0 Å². The van der Waals surface area contributed by atoms with Crippen molar-refractivity contribution in [1.29, 1.82) is 0 Å². The van der Waals surface area contributed by atoms with Gasteiger partial charge in [0.25, 0.3) is 0 Å². The van der Waals surface area contributed by atoms with Crippen LogP contribution < -0.4 is 5.32 Å². The molecule has 2 aliphatic rings. The molecule has 0 bridgehead atoms. The fraction of sp³-hybridized carbons (Fsp3) is 0.643. The summed E-state index contributed by atoms with van der Waals surface area (Å²) in [7, 11) is 0. The summed E-state index contributed by atoms with van der Waals surface area (Å²) in [4.78, 5) is 30.2. The van der Waals surface area contributed by atoms with Crippen LogP contribution in [0.15, 0.2) is 6.20 Å². The molecule has 1 aromatic rings. The van der Waals surface area contributed by atoms with Crippen LogP contribution in [0, 0.1) is 11.3 Å². The molecule has 0 saturated heterocycles. The van der Waals surface area contributed by atoms with Gasteiger partial charge < -0.3 is 15.4 Å². The van der Waals surface area contributed by atoms with E-state index >= 15 is 0 Å². The van der Waals surface area contributed by atoms with E-state index in [2.05, 4.69) is 29.1 Å². The van der Waals surface area contributed by atoms with Gasteiger partial charge in [-0.3, -0.25) is 4.79 Å². The molecule has 1 heterocycles. The number of H-pyrrole nitrogens is 1. The SMILES string of the molecule is CC1(C)CC1C(=O)NC1(c2ncc(C(=O)O)[nH]2)CCC1. The van der Waals surface area contributed by atoms with Gasteiger partial charge >= 0.3 is 5.97 Å². The molecule has 0 radical (unpaired) electrons. The first-order valence-electron chi connectivity index (χ1n) is 6.95. The minimum Gasteiger partial charge on any atom is -0.477 e. The van der Waals surface area contributed by atoms with E-state index in [0.717, 1.165) is 25.7 Å². The van der Waals surface area contributed by atoms with Crippen LogP contribution >= 0.6 is 0 Å². The Hall–Kier alpha value is -1.85. The van der Waals surface area contributed by atoms with Crippen molar-refractivity contribution in [3.05, 3.63) is 17.7 Å². The fourth-order valence-electron chi connectivity index (χ4n) is 2.86. The monoisotopic (exact) mass is 277 g/mol. The summed E-state index contributed by atoms with van der Waals surface area (Å²) >= 11 is 0. The normalized spacial score (nSPS) is 25.6. The number of nitrogens with one attached hydrogen (secondary N) is 2. The van der Waals surface area contributed by atoms with Crippen molar-refractivity contribution in [2.24, 2.45) is 11.3 Å². The number of carboxylic acids is 1.